The van der Waals surface area contributed by atoms with E-state index in [9.17, 15) is 13.5 Å². The van der Waals surface area contributed by atoms with Crippen molar-refractivity contribution in [2.24, 2.45) is 0 Å². The largest absolute Gasteiger partial charge is 0.508 e. The first-order valence-corrected chi connectivity index (χ1v) is 10.9. The van der Waals surface area contributed by atoms with Gasteiger partial charge < -0.3 is 5.11 Å². The summed E-state index contributed by atoms with van der Waals surface area (Å²) < 4.78 is 26.4. The number of hydrogen-bond acceptors (Lipinski definition) is 4. The number of rotatable bonds is 5. The summed E-state index contributed by atoms with van der Waals surface area (Å²) in [6, 6.07) is 14.1. The molecule has 0 saturated heterocycles. The molecule has 0 unspecified atom stereocenters. The number of unbranched alkanes of at least 4 members (excludes halogenated alkanes) is 1. The summed E-state index contributed by atoms with van der Waals surface area (Å²) in [6.07, 6.45) is 3.58. The van der Waals surface area contributed by atoms with Crippen LogP contribution >= 0.6 is 0 Å². The molecule has 0 radical (unpaired) electrons. The maximum atomic E-state index is 13.2. The highest BCUT2D eigenvalue weighted by Crippen LogP contribution is 2.38. The average molecular weight is 374 g/mol. The van der Waals surface area contributed by atoms with Gasteiger partial charge in [0.05, 0.1) is 16.7 Å². The molecule has 4 nitrogen and oxygen atoms in total. The molecule has 0 spiro atoms. The Labute approximate surface area is 156 Å². The third-order valence-corrected chi connectivity index (χ3v) is 7.37. The van der Waals surface area contributed by atoms with E-state index in [1.165, 1.54) is 0 Å². The van der Waals surface area contributed by atoms with Gasteiger partial charge in [-0.3, -0.25) is 5.32 Å². The zero-order chi connectivity index (χ0) is 18.8. The second-order valence-corrected chi connectivity index (χ2v) is 9.16. The van der Waals surface area contributed by atoms with Crippen molar-refractivity contribution in [3.8, 4) is 5.75 Å². The first-order valence-electron chi connectivity index (χ1n) is 9.29. The molecule has 2 aromatic carbocycles. The topological polar surface area (TPSA) is 66.4 Å². The number of aromatic hydroxyl groups is 1. The standard InChI is InChI=1S/C21H27NO3S/c1-3-5-14-21(4-2)15-26(24,25)19-9-7-6-8-18(19)20(22-21)16-10-12-17(23)13-11-16/h6-13,20,22-23H,3-5,14-15H2,1-2H3/t20-,21+/m1/s1. The van der Waals surface area contributed by atoms with Crippen molar-refractivity contribution in [2.45, 2.75) is 56.0 Å². The van der Waals surface area contributed by atoms with Crippen LogP contribution in [0.3, 0.4) is 0 Å². The Kier molecular flexibility index (Phi) is 5.39. The Morgan fingerprint density at radius 3 is 2.46 bits per heavy atom. The highest BCUT2D eigenvalue weighted by atomic mass is 32.2. The normalized spacial score (nSPS) is 24.6. The van der Waals surface area contributed by atoms with Gasteiger partial charge in [-0.25, -0.2) is 8.42 Å². The van der Waals surface area contributed by atoms with Gasteiger partial charge in [0.25, 0.3) is 0 Å². The third-order valence-electron chi connectivity index (χ3n) is 5.39. The molecule has 5 heteroatoms. The molecule has 0 aromatic heterocycles. The van der Waals surface area contributed by atoms with Crippen LogP contribution in [0.1, 0.15) is 56.7 Å². The molecule has 1 heterocycles. The van der Waals surface area contributed by atoms with E-state index in [1.54, 1.807) is 24.3 Å². The molecule has 2 atom stereocenters. The molecule has 1 aliphatic heterocycles. The fourth-order valence-corrected chi connectivity index (χ4v) is 5.99. The predicted octanol–water partition coefficient (Wildman–Crippen LogP) is 4.20. The summed E-state index contributed by atoms with van der Waals surface area (Å²) in [7, 11) is -3.39. The zero-order valence-electron chi connectivity index (χ0n) is 15.4. The summed E-state index contributed by atoms with van der Waals surface area (Å²) in [6.45, 7) is 4.18. The second kappa shape index (κ2) is 7.41. The van der Waals surface area contributed by atoms with Crippen molar-refractivity contribution in [1.29, 1.82) is 0 Å². The minimum absolute atomic E-state index is 0.113. The second-order valence-electron chi connectivity index (χ2n) is 7.20. The average Bonchev–Trinajstić information content (AvgIpc) is 2.74. The van der Waals surface area contributed by atoms with Gasteiger partial charge in [0, 0.05) is 5.54 Å². The van der Waals surface area contributed by atoms with E-state index in [1.807, 2.05) is 24.3 Å². The fraction of sp³-hybridized carbons (Fsp3) is 0.429. The molecule has 1 aliphatic rings. The lowest BCUT2D eigenvalue weighted by Gasteiger charge is -2.35. The molecule has 0 aliphatic carbocycles. The van der Waals surface area contributed by atoms with Gasteiger partial charge in [0.15, 0.2) is 9.84 Å². The van der Waals surface area contributed by atoms with E-state index < -0.39 is 15.4 Å². The van der Waals surface area contributed by atoms with Crippen molar-refractivity contribution in [3.63, 3.8) is 0 Å². The third kappa shape index (κ3) is 3.64. The highest BCUT2D eigenvalue weighted by molar-refractivity contribution is 7.91. The van der Waals surface area contributed by atoms with Crippen LogP contribution in [0.15, 0.2) is 53.4 Å². The van der Waals surface area contributed by atoms with Crippen LogP contribution in [0, 0.1) is 0 Å². The lowest BCUT2D eigenvalue weighted by molar-refractivity contribution is 0.295. The van der Waals surface area contributed by atoms with Crippen LogP contribution in [0.25, 0.3) is 0 Å². The highest BCUT2D eigenvalue weighted by Gasteiger charge is 2.41. The maximum absolute atomic E-state index is 13.2. The number of phenolic OH excluding ortho intramolecular Hbond substituents is 1. The number of sulfone groups is 1. The van der Waals surface area contributed by atoms with Gasteiger partial charge in [0.2, 0.25) is 0 Å². The van der Waals surface area contributed by atoms with Crippen molar-refractivity contribution in [2.75, 3.05) is 5.75 Å². The molecule has 0 fully saturated rings. The molecule has 26 heavy (non-hydrogen) atoms. The zero-order valence-corrected chi connectivity index (χ0v) is 16.2. The van der Waals surface area contributed by atoms with Crippen LogP contribution in [-0.2, 0) is 9.84 Å². The van der Waals surface area contributed by atoms with Gasteiger partial charge in [-0.2, -0.15) is 0 Å². The molecule has 2 aromatic rings. The fourth-order valence-electron chi connectivity index (χ4n) is 3.84. The van der Waals surface area contributed by atoms with Crippen molar-refractivity contribution in [3.05, 3.63) is 59.7 Å². The molecular weight excluding hydrogens is 346 g/mol. The maximum Gasteiger partial charge on any atom is 0.180 e. The summed E-state index contributed by atoms with van der Waals surface area (Å²) >= 11 is 0. The molecular formula is C21H27NO3S. The number of nitrogens with one attached hydrogen (secondary N) is 1. The molecule has 2 N–H and O–H groups in total. The molecule has 0 amide bonds. The van der Waals surface area contributed by atoms with Crippen LogP contribution in [0.2, 0.25) is 0 Å². The van der Waals surface area contributed by atoms with Crippen molar-refractivity contribution in [1.82, 2.24) is 5.32 Å². The molecule has 140 valence electrons. The summed E-state index contributed by atoms with van der Waals surface area (Å²) in [5.41, 5.74) is 1.28. The van der Waals surface area contributed by atoms with Gasteiger partial charge >= 0.3 is 0 Å². The van der Waals surface area contributed by atoms with Gasteiger partial charge in [-0.1, -0.05) is 57.0 Å². The Morgan fingerprint density at radius 2 is 1.81 bits per heavy atom. The predicted molar refractivity (Wildman–Crippen MR) is 104 cm³/mol. The smallest absolute Gasteiger partial charge is 0.180 e. The number of benzene rings is 2. The monoisotopic (exact) mass is 373 g/mol. The molecule has 3 rings (SSSR count). The van der Waals surface area contributed by atoms with E-state index in [4.69, 9.17) is 0 Å². The summed E-state index contributed by atoms with van der Waals surface area (Å²) in [5, 5.41) is 13.3. The van der Waals surface area contributed by atoms with Crippen LogP contribution in [-0.4, -0.2) is 24.8 Å². The number of hydrogen-bond donors (Lipinski definition) is 2. The lowest BCUT2D eigenvalue weighted by Crippen LogP contribution is -2.50. The van der Waals surface area contributed by atoms with E-state index in [2.05, 4.69) is 19.2 Å². The van der Waals surface area contributed by atoms with E-state index in [-0.39, 0.29) is 17.5 Å². The SMILES string of the molecule is CCCC[C@@]1(CC)CS(=O)(=O)c2ccccc2[C@@H](c2ccc(O)cc2)N1. The first-order chi connectivity index (χ1) is 12.4. The quantitative estimate of drug-likeness (QED) is 0.824. The van der Waals surface area contributed by atoms with E-state index in [0.717, 1.165) is 36.8 Å². The lowest BCUT2D eigenvalue weighted by atomic mass is 9.88. The number of fused-ring (bicyclic) bond motifs is 1. The van der Waals surface area contributed by atoms with Gasteiger partial charge in [-0.15, -0.1) is 0 Å². The Bertz CT molecular complexity index is 861. The molecule has 0 saturated carbocycles. The van der Waals surface area contributed by atoms with E-state index in [0.29, 0.717) is 4.90 Å². The van der Waals surface area contributed by atoms with Crippen LogP contribution < -0.4 is 5.32 Å². The van der Waals surface area contributed by atoms with Crippen molar-refractivity contribution < 1.29 is 13.5 Å². The van der Waals surface area contributed by atoms with Crippen LogP contribution in [0.4, 0.5) is 0 Å². The Morgan fingerprint density at radius 1 is 1.12 bits per heavy atom. The Balaban J connectivity index is 2.17. The van der Waals surface area contributed by atoms with Gasteiger partial charge in [0.1, 0.15) is 5.75 Å². The summed E-state index contributed by atoms with van der Waals surface area (Å²) in [4.78, 5) is 0.414. The molecule has 0 bridgehead atoms. The van der Waals surface area contributed by atoms with E-state index >= 15 is 0 Å². The van der Waals surface area contributed by atoms with Gasteiger partial charge in [-0.05, 0) is 42.2 Å². The van der Waals surface area contributed by atoms with Crippen LogP contribution in [0.5, 0.6) is 5.75 Å². The summed E-state index contributed by atoms with van der Waals surface area (Å²) in [5.74, 6) is 0.318. The number of phenols is 1. The minimum atomic E-state index is -3.39. The minimum Gasteiger partial charge on any atom is -0.508 e. The van der Waals surface area contributed by atoms with Crippen molar-refractivity contribution >= 4 is 9.84 Å². The first kappa shape index (κ1) is 18.9. The Hall–Kier alpha value is -1.85.